The van der Waals surface area contributed by atoms with Crippen molar-refractivity contribution in [2.45, 2.75) is 26.3 Å². The third-order valence-electron chi connectivity index (χ3n) is 2.85. The average Bonchev–Trinajstić information content (AvgIpc) is 2.96. The Kier molecular flexibility index (Phi) is 3.45. The molecule has 6 heteroatoms. The molecule has 1 unspecified atom stereocenters. The molecule has 2 rings (SSSR count). The van der Waals surface area contributed by atoms with E-state index in [9.17, 15) is 4.79 Å². The number of nitrogens with one attached hydrogen (secondary N) is 2. The maximum Gasteiger partial charge on any atom is 0.255 e. The summed E-state index contributed by atoms with van der Waals surface area (Å²) in [7, 11) is 1.81. The zero-order chi connectivity index (χ0) is 13.1. The topological polar surface area (TPSA) is 75.6 Å². The third-order valence-corrected chi connectivity index (χ3v) is 2.85. The second kappa shape index (κ2) is 5.03. The molecule has 0 fully saturated rings. The van der Waals surface area contributed by atoms with Gasteiger partial charge in [0.2, 0.25) is 0 Å². The standard InChI is InChI=1S/C12H17N5O/c1-4-11-10(7-17(3)16-11)12(18)15-8(2)9-5-13-14-6-9/h5-8H,4H2,1-3H3,(H,13,14)(H,15,18). The molecule has 0 saturated heterocycles. The van der Waals surface area contributed by atoms with Gasteiger partial charge in [0, 0.05) is 25.0 Å². The van der Waals surface area contributed by atoms with Gasteiger partial charge < -0.3 is 5.32 Å². The molecular formula is C12H17N5O. The Morgan fingerprint density at radius 2 is 2.39 bits per heavy atom. The molecule has 2 heterocycles. The molecule has 0 aromatic carbocycles. The number of carbonyl (C=O) groups excluding carboxylic acids is 1. The predicted molar refractivity (Wildman–Crippen MR) is 67.1 cm³/mol. The average molecular weight is 247 g/mol. The van der Waals surface area contributed by atoms with Crippen molar-refractivity contribution in [1.29, 1.82) is 0 Å². The maximum absolute atomic E-state index is 12.1. The highest BCUT2D eigenvalue weighted by molar-refractivity contribution is 5.95. The van der Waals surface area contributed by atoms with Crippen LogP contribution in [-0.2, 0) is 13.5 Å². The highest BCUT2D eigenvalue weighted by atomic mass is 16.1. The first-order valence-corrected chi connectivity index (χ1v) is 5.94. The lowest BCUT2D eigenvalue weighted by Gasteiger charge is -2.11. The van der Waals surface area contributed by atoms with Gasteiger partial charge in [-0.25, -0.2) is 0 Å². The van der Waals surface area contributed by atoms with Gasteiger partial charge in [-0.2, -0.15) is 10.2 Å². The molecule has 2 N–H and O–H groups in total. The molecule has 0 radical (unpaired) electrons. The molecule has 0 saturated carbocycles. The number of rotatable bonds is 4. The molecule has 6 nitrogen and oxygen atoms in total. The van der Waals surface area contributed by atoms with Crippen molar-refractivity contribution in [3.05, 3.63) is 35.4 Å². The highest BCUT2D eigenvalue weighted by Crippen LogP contribution is 2.12. The summed E-state index contributed by atoms with van der Waals surface area (Å²) < 4.78 is 1.66. The van der Waals surface area contributed by atoms with Gasteiger partial charge in [0.05, 0.1) is 23.5 Å². The largest absolute Gasteiger partial charge is 0.345 e. The first-order valence-electron chi connectivity index (χ1n) is 5.94. The number of H-pyrrole nitrogens is 1. The van der Waals surface area contributed by atoms with E-state index in [4.69, 9.17) is 0 Å². The van der Waals surface area contributed by atoms with Crippen molar-refractivity contribution in [3.8, 4) is 0 Å². The number of aromatic nitrogens is 4. The van der Waals surface area contributed by atoms with Crippen LogP contribution in [0.25, 0.3) is 0 Å². The van der Waals surface area contributed by atoms with Crippen LogP contribution in [0.5, 0.6) is 0 Å². The minimum Gasteiger partial charge on any atom is -0.345 e. The Morgan fingerprint density at radius 3 is 3.00 bits per heavy atom. The minimum atomic E-state index is -0.103. The molecule has 0 aliphatic rings. The summed E-state index contributed by atoms with van der Waals surface area (Å²) in [6.45, 7) is 3.91. The highest BCUT2D eigenvalue weighted by Gasteiger charge is 2.17. The molecule has 0 bridgehead atoms. The lowest BCUT2D eigenvalue weighted by molar-refractivity contribution is 0.0939. The van der Waals surface area contributed by atoms with Gasteiger partial charge >= 0.3 is 0 Å². The van der Waals surface area contributed by atoms with Gasteiger partial charge in [-0.05, 0) is 13.3 Å². The number of aromatic amines is 1. The molecule has 18 heavy (non-hydrogen) atoms. The van der Waals surface area contributed by atoms with Gasteiger partial charge in [-0.1, -0.05) is 6.92 Å². The molecular weight excluding hydrogens is 230 g/mol. The summed E-state index contributed by atoms with van der Waals surface area (Å²) >= 11 is 0. The lowest BCUT2D eigenvalue weighted by Crippen LogP contribution is -2.26. The Balaban J connectivity index is 2.12. The van der Waals surface area contributed by atoms with E-state index < -0.39 is 0 Å². The minimum absolute atomic E-state index is 0.0823. The van der Waals surface area contributed by atoms with Crippen LogP contribution in [0.4, 0.5) is 0 Å². The van der Waals surface area contributed by atoms with Crippen molar-refractivity contribution in [1.82, 2.24) is 25.3 Å². The summed E-state index contributed by atoms with van der Waals surface area (Å²) in [5.41, 5.74) is 2.40. The van der Waals surface area contributed by atoms with Gasteiger partial charge in [0.1, 0.15) is 0 Å². The zero-order valence-electron chi connectivity index (χ0n) is 10.8. The quantitative estimate of drug-likeness (QED) is 0.852. The zero-order valence-corrected chi connectivity index (χ0v) is 10.8. The summed E-state index contributed by atoms with van der Waals surface area (Å²) in [6.07, 6.45) is 5.96. The van der Waals surface area contributed by atoms with Crippen LogP contribution in [0, 0.1) is 0 Å². The maximum atomic E-state index is 12.1. The van der Waals surface area contributed by atoms with Crippen molar-refractivity contribution in [2.75, 3.05) is 0 Å². The van der Waals surface area contributed by atoms with Crippen molar-refractivity contribution >= 4 is 5.91 Å². The van der Waals surface area contributed by atoms with Gasteiger partial charge in [0.15, 0.2) is 0 Å². The Hall–Kier alpha value is -2.11. The normalized spacial score (nSPS) is 12.4. The first kappa shape index (κ1) is 12.3. The fourth-order valence-corrected chi connectivity index (χ4v) is 1.84. The molecule has 0 aliphatic heterocycles. The van der Waals surface area contributed by atoms with E-state index in [1.165, 1.54) is 0 Å². The van der Waals surface area contributed by atoms with Crippen molar-refractivity contribution in [2.24, 2.45) is 7.05 Å². The predicted octanol–water partition coefficient (Wildman–Crippen LogP) is 1.20. The molecule has 1 atom stereocenters. The van der Waals surface area contributed by atoms with Crippen LogP contribution in [0.2, 0.25) is 0 Å². The third kappa shape index (κ3) is 2.42. The summed E-state index contributed by atoms with van der Waals surface area (Å²) in [4.78, 5) is 12.1. The van der Waals surface area contributed by atoms with Gasteiger partial charge in [-0.3, -0.25) is 14.6 Å². The second-order valence-electron chi connectivity index (χ2n) is 4.24. The molecule has 1 amide bonds. The van der Waals surface area contributed by atoms with E-state index in [0.717, 1.165) is 17.7 Å². The van der Waals surface area contributed by atoms with Crippen LogP contribution < -0.4 is 5.32 Å². The van der Waals surface area contributed by atoms with Crippen LogP contribution >= 0.6 is 0 Å². The number of hydrogen-bond donors (Lipinski definition) is 2. The fourth-order valence-electron chi connectivity index (χ4n) is 1.84. The first-order chi connectivity index (χ1) is 8.61. The lowest BCUT2D eigenvalue weighted by atomic mass is 10.1. The van der Waals surface area contributed by atoms with Crippen LogP contribution in [-0.4, -0.2) is 25.9 Å². The van der Waals surface area contributed by atoms with E-state index in [2.05, 4.69) is 20.6 Å². The van der Waals surface area contributed by atoms with E-state index in [1.54, 1.807) is 23.3 Å². The molecule has 0 aliphatic carbocycles. The number of hydrogen-bond acceptors (Lipinski definition) is 3. The number of aryl methyl sites for hydroxylation is 2. The van der Waals surface area contributed by atoms with Gasteiger partial charge in [0.25, 0.3) is 5.91 Å². The van der Waals surface area contributed by atoms with E-state index in [-0.39, 0.29) is 11.9 Å². The van der Waals surface area contributed by atoms with Crippen molar-refractivity contribution in [3.63, 3.8) is 0 Å². The second-order valence-corrected chi connectivity index (χ2v) is 4.24. The fraction of sp³-hybridized carbons (Fsp3) is 0.417. The summed E-state index contributed by atoms with van der Waals surface area (Å²) in [6, 6.07) is -0.0823. The molecule has 96 valence electrons. The number of amides is 1. The van der Waals surface area contributed by atoms with E-state index >= 15 is 0 Å². The monoisotopic (exact) mass is 247 g/mol. The van der Waals surface area contributed by atoms with Crippen LogP contribution in [0.1, 0.15) is 41.5 Å². The molecule has 2 aromatic heterocycles. The molecule has 0 spiro atoms. The molecule has 2 aromatic rings. The SMILES string of the molecule is CCc1nn(C)cc1C(=O)NC(C)c1cn[nH]c1. The van der Waals surface area contributed by atoms with Crippen LogP contribution in [0.15, 0.2) is 18.6 Å². The van der Waals surface area contributed by atoms with Crippen molar-refractivity contribution < 1.29 is 4.79 Å². The summed E-state index contributed by atoms with van der Waals surface area (Å²) in [5, 5.41) is 13.8. The van der Waals surface area contributed by atoms with E-state index in [0.29, 0.717) is 5.56 Å². The smallest absolute Gasteiger partial charge is 0.255 e. The van der Waals surface area contributed by atoms with E-state index in [1.807, 2.05) is 20.9 Å². The summed E-state index contributed by atoms with van der Waals surface area (Å²) in [5.74, 6) is -0.103. The van der Waals surface area contributed by atoms with Crippen LogP contribution in [0.3, 0.4) is 0 Å². The Labute approximate surface area is 105 Å². The number of carbonyl (C=O) groups is 1. The Bertz CT molecular complexity index is 529. The Morgan fingerprint density at radius 1 is 1.61 bits per heavy atom. The number of nitrogens with zero attached hydrogens (tertiary/aromatic N) is 3. The van der Waals surface area contributed by atoms with Gasteiger partial charge in [-0.15, -0.1) is 0 Å².